The molecule has 1 heterocycles. The Morgan fingerprint density at radius 2 is 2.05 bits per heavy atom. The molecule has 0 amide bonds. The highest BCUT2D eigenvalue weighted by molar-refractivity contribution is 5.59. The molecule has 3 heteroatoms. The van der Waals surface area contributed by atoms with Crippen LogP contribution in [0.3, 0.4) is 0 Å². The maximum absolute atomic E-state index is 5.83. The average molecular weight is 276 g/mol. The van der Waals surface area contributed by atoms with Gasteiger partial charge in [-0.1, -0.05) is 32.9 Å². The monoisotopic (exact) mass is 276 g/mol. The Kier molecular flexibility index (Phi) is 5.30. The summed E-state index contributed by atoms with van der Waals surface area (Å²) in [5.74, 6) is 1.63. The van der Waals surface area contributed by atoms with Gasteiger partial charge in [-0.3, -0.25) is 0 Å². The van der Waals surface area contributed by atoms with Crippen LogP contribution in [0.15, 0.2) is 24.3 Å². The fourth-order valence-corrected chi connectivity index (χ4v) is 2.95. The van der Waals surface area contributed by atoms with Crippen molar-refractivity contribution in [3.63, 3.8) is 0 Å². The number of nitrogens with one attached hydrogen (secondary N) is 1. The third-order valence-corrected chi connectivity index (χ3v) is 4.17. The van der Waals surface area contributed by atoms with E-state index in [9.17, 15) is 0 Å². The summed E-state index contributed by atoms with van der Waals surface area (Å²) in [6, 6.07) is 9.54. The van der Waals surface area contributed by atoms with E-state index in [1.165, 1.54) is 5.69 Å². The molecular formula is C17H28N2O. The van der Waals surface area contributed by atoms with Gasteiger partial charge in [-0.15, -0.1) is 0 Å². The number of nitrogens with zero attached hydrogens (tertiary/aromatic N) is 1. The topological polar surface area (TPSA) is 24.5 Å². The molecule has 1 aromatic rings. The standard InChI is InChI=1S/C17H28N2O/c1-5-14-12-19(16(11-18-14)13(3)4)15-9-7-8-10-17(15)20-6-2/h7-10,13-14,16,18H,5-6,11-12H2,1-4H3. The highest BCUT2D eigenvalue weighted by Crippen LogP contribution is 2.32. The van der Waals surface area contributed by atoms with Gasteiger partial charge in [0.2, 0.25) is 0 Å². The van der Waals surface area contributed by atoms with Crippen molar-refractivity contribution in [2.75, 3.05) is 24.6 Å². The predicted octanol–water partition coefficient (Wildman–Crippen LogP) is 3.30. The van der Waals surface area contributed by atoms with Crippen molar-refractivity contribution in [2.24, 2.45) is 5.92 Å². The number of ether oxygens (including phenoxy) is 1. The van der Waals surface area contributed by atoms with Crippen LogP contribution in [-0.4, -0.2) is 31.8 Å². The van der Waals surface area contributed by atoms with Gasteiger partial charge >= 0.3 is 0 Å². The quantitative estimate of drug-likeness (QED) is 0.893. The second-order valence-electron chi connectivity index (χ2n) is 5.88. The molecular weight excluding hydrogens is 248 g/mol. The van der Waals surface area contributed by atoms with E-state index in [1.807, 2.05) is 6.92 Å². The summed E-state index contributed by atoms with van der Waals surface area (Å²) in [6.45, 7) is 11.7. The first kappa shape index (κ1) is 15.2. The predicted molar refractivity (Wildman–Crippen MR) is 85.7 cm³/mol. The molecule has 1 aliphatic heterocycles. The lowest BCUT2D eigenvalue weighted by molar-refractivity contribution is 0.317. The number of benzene rings is 1. The van der Waals surface area contributed by atoms with Gasteiger partial charge in [0.15, 0.2) is 0 Å². The van der Waals surface area contributed by atoms with Crippen LogP contribution in [0.4, 0.5) is 5.69 Å². The largest absolute Gasteiger partial charge is 0.492 e. The molecule has 0 aliphatic carbocycles. The number of anilines is 1. The molecule has 1 fully saturated rings. The Labute approximate surface area is 123 Å². The molecule has 20 heavy (non-hydrogen) atoms. The number of para-hydroxylation sites is 2. The zero-order valence-electron chi connectivity index (χ0n) is 13.2. The lowest BCUT2D eigenvalue weighted by atomic mass is 9.96. The van der Waals surface area contributed by atoms with E-state index in [-0.39, 0.29) is 0 Å². The summed E-state index contributed by atoms with van der Waals surface area (Å²) < 4.78 is 5.83. The minimum atomic E-state index is 0.527. The van der Waals surface area contributed by atoms with Crippen LogP contribution in [0, 0.1) is 5.92 Å². The SMILES string of the molecule is CCOc1ccccc1N1CC(CC)NCC1C(C)C. The minimum absolute atomic E-state index is 0.527. The molecule has 0 saturated carbocycles. The first-order chi connectivity index (χ1) is 9.67. The van der Waals surface area contributed by atoms with Crippen LogP contribution in [0.5, 0.6) is 5.75 Å². The van der Waals surface area contributed by atoms with Crippen molar-refractivity contribution in [1.82, 2.24) is 5.32 Å². The molecule has 3 nitrogen and oxygen atoms in total. The molecule has 1 aromatic carbocycles. The fourth-order valence-electron chi connectivity index (χ4n) is 2.95. The average Bonchev–Trinajstić information content (AvgIpc) is 2.47. The Balaban J connectivity index is 2.29. The fraction of sp³-hybridized carbons (Fsp3) is 0.647. The molecule has 0 bridgehead atoms. The maximum atomic E-state index is 5.83. The number of hydrogen-bond acceptors (Lipinski definition) is 3. The summed E-state index contributed by atoms with van der Waals surface area (Å²) >= 11 is 0. The van der Waals surface area contributed by atoms with Crippen LogP contribution in [0.25, 0.3) is 0 Å². The van der Waals surface area contributed by atoms with Crippen molar-refractivity contribution >= 4 is 5.69 Å². The van der Waals surface area contributed by atoms with Crippen LogP contribution in [0.2, 0.25) is 0 Å². The second-order valence-corrected chi connectivity index (χ2v) is 5.88. The first-order valence-corrected chi connectivity index (χ1v) is 7.89. The number of rotatable bonds is 5. The Bertz CT molecular complexity index is 419. The van der Waals surface area contributed by atoms with E-state index < -0.39 is 0 Å². The maximum Gasteiger partial charge on any atom is 0.142 e. The van der Waals surface area contributed by atoms with Gasteiger partial charge in [0, 0.05) is 25.2 Å². The van der Waals surface area contributed by atoms with Gasteiger partial charge in [-0.05, 0) is 31.4 Å². The van der Waals surface area contributed by atoms with Gasteiger partial charge in [-0.25, -0.2) is 0 Å². The van der Waals surface area contributed by atoms with Gasteiger partial charge in [0.25, 0.3) is 0 Å². The minimum Gasteiger partial charge on any atom is -0.492 e. The Morgan fingerprint density at radius 3 is 2.70 bits per heavy atom. The van der Waals surface area contributed by atoms with Crippen LogP contribution in [-0.2, 0) is 0 Å². The summed E-state index contributed by atoms with van der Waals surface area (Å²) in [6.07, 6.45) is 1.16. The molecule has 1 saturated heterocycles. The molecule has 2 atom stereocenters. The van der Waals surface area contributed by atoms with Crippen molar-refractivity contribution in [3.05, 3.63) is 24.3 Å². The summed E-state index contributed by atoms with van der Waals surface area (Å²) in [4.78, 5) is 2.54. The van der Waals surface area contributed by atoms with Crippen molar-refractivity contribution < 1.29 is 4.74 Å². The Morgan fingerprint density at radius 1 is 1.30 bits per heavy atom. The molecule has 0 spiro atoms. The van der Waals surface area contributed by atoms with E-state index in [2.05, 4.69) is 55.3 Å². The molecule has 112 valence electrons. The lowest BCUT2D eigenvalue weighted by Crippen LogP contribution is -2.58. The normalized spacial score (nSPS) is 23.1. The van der Waals surface area contributed by atoms with Crippen LogP contribution < -0.4 is 15.0 Å². The molecule has 1 aliphatic rings. The van der Waals surface area contributed by atoms with Crippen molar-refractivity contribution in [2.45, 2.75) is 46.2 Å². The number of hydrogen-bond donors (Lipinski definition) is 1. The van der Waals surface area contributed by atoms with E-state index in [4.69, 9.17) is 4.74 Å². The highest BCUT2D eigenvalue weighted by atomic mass is 16.5. The van der Waals surface area contributed by atoms with Gasteiger partial charge < -0.3 is 15.0 Å². The van der Waals surface area contributed by atoms with Crippen molar-refractivity contribution in [3.8, 4) is 5.75 Å². The third-order valence-electron chi connectivity index (χ3n) is 4.17. The number of piperazine rings is 1. The van der Waals surface area contributed by atoms with Gasteiger partial charge in [0.05, 0.1) is 12.3 Å². The van der Waals surface area contributed by atoms with E-state index in [0.29, 0.717) is 24.6 Å². The summed E-state index contributed by atoms with van der Waals surface area (Å²) in [5.41, 5.74) is 1.24. The zero-order valence-corrected chi connectivity index (χ0v) is 13.2. The smallest absolute Gasteiger partial charge is 0.142 e. The molecule has 2 unspecified atom stereocenters. The lowest BCUT2D eigenvalue weighted by Gasteiger charge is -2.44. The third kappa shape index (κ3) is 3.26. The van der Waals surface area contributed by atoms with Crippen LogP contribution >= 0.6 is 0 Å². The molecule has 2 rings (SSSR count). The van der Waals surface area contributed by atoms with Gasteiger partial charge in [0.1, 0.15) is 5.75 Å². The Hall–Kier alpha value is -1.22. The van der Waals surface area contributed by atoms with Crippen molar-refractivity contribution in [1.29, 1.82) is 0 Å². The van der Waals surface area contributed by atoms with E-state index >= 15 is 0 Å². The summed E-state index contributed by atoms with van der Waals surface area (Å²) in [7, 11) is 0. The second kappa shape index (κ2) is 6.98. The zero-order chi connectivity index (χ0) is 14.5. The van der Waals surface area contributed by atoms with Gasteiger partial charge in [-0.2, -0.15) is 0 Å². The first-order valence-electron chi connectivity index (χ1n) is 7.89. The van der Waals surface area contributed by atoms with Crippen LogP contribution in [0.1, 0.15) is 34.1 Å². The molecule has 0 aromatic heterocycles. The molecule has 1 N–H and O–H groups in total. The molecule has 0 radical (unpaired) electrons. The van der Waals surface area contributed by atoms with E-state index in [0.717, 1.165) is 25.3 Å². The highest BCUT2D eigenvalue weighted by Gasteiger charge is 2.30. The van der Waals surface area contributed by atoms with E-state index in [1.54, 1.807) is 0 Å². The summed E-state index contributed by atoms with van der Waals surface area (Å²) in [5, 5.41) is 3.67.